The van der Waals surface area contributed by atoms with Crippen LogP contribution in [-0.4, -0.2) is 41.1 Å². The van der Waals surface area contributed by atoms with E-state index < -0.39 is 5.67 Å². The predicted octanol–water partition coefficient (Wildman–Crippen LogP) is 1.50. The Hall–Kier alpha value is -1.43. The number of piperidine rings is 1. The van der Waals surface area contributed by atoms with Gasteiger partial charge in [-0.1, -0.05) is 0 Å². The van der Waals surface area contributed by atoms with Gasteiger partial charge in [-0.3, -0.25) is 9.69 Å². The molecule has 1 N–H and O–H groups in total. The molecule has 2 fully saturated rings. The summed E-state index contributed by atoms with van der Waals surface area (Å²) in [6, 6.07) is 0. The summed E-state index contributed by atoms with van der Waals surface area (Å²) in [5.74, 6) is 0.165. The highest BCUT2D eigenvalue weighted by Gasteiger charge is 2.37. The van der Waals surface area contributed by atoms with Crippen LogP contribution in [0.3, 0.4) is 0 Å². The zero-order valence-electron chi connectivity index (χ0n) is 11.5. The van der Waals surface area contributed by atoms with Crippen molar-refractivity contribution in [3.8, 4) is 0 Å². The van der Waals surface area contributed by atoms with E-state index in [2.05, 4.69) is 15.2 Å². The number of carbonyl (C=O) groups is 1. The maximum atomic E-state index is 14.6. The summed E-state index contributed by atoms with van der Waals surface area (Å²) in [6.07, 6.45) is 5.85. The second-order valence-electron chi connectivity index (χ2n) is 5.90. The number of rotatable bonds is 5. The lowest BCUT2D eigenvalue weighted by molar-refractivity contribution is -0.123. The monoisotopic (exact) mass is 281 g/mol. The minimum absolute atomic E-state index is 0.0204. The van der Waals surface area contributed by atoms with Gasteiger partial charge in [0.2, 0.25) is 5.91 Å². The number of hydrogen-bond donors (Lipinski definition) is 1. The highest BCUT2D eigenvalue weighted by atomic mass is 19.1. The normalized spacial score (nSPS) is 22.6. The molecule has 2 heterocycles. The summed E-state index contributed by atoms with van der Waals surface area (Å²) < 4.78 is 19.5. The molecule has 0 spiro atoms. The molecule has 1 saturated carbocycles. The molecular weight excluding hydrogens is 261 g/mol. The number of halogens is 1. The van der Waals surface area contributed by atoms with E-state index in [4.69, 9.17) is 4.42 Å². The molecule has 0 atom stereocenters. The first kappa shape index (κ1) is 13.5. The van der Waals surface area contributed by atoms with Crippen LogP contribution in [0.5, 0.6) is 0 Å². The summed E-state index contributed by atoms with van der Waals surface area (Å²) in [5, 5.41) is 2.76. The number of nitrogens with zero attached hydrogens (tertiary/aromatic N) is 2. The van der Waals surface area contributed by atoms with Crippen LogP contribution in [0.2, 0.25) is 0 Å². The molecule has 1 aliphatic heterocycles. The Balaban J connectivity index is 1.43. The quantitative estimate of drug-likeness (QED) is 0.888. The van der Waals surface area contributed by atoms with E-state index in [1.165, 1.54) is 6.39 Å². The molecule has 1 amide bonds. The lowest BCUT2D eigenvalue weighted by Gasteiger charge is -2.36. The van der Waals surface area contributed by atoms with Crippen LogP contribution >= 0.6 is 0 Å². The minimum atomic E-state index is -1.26. The van der Waals surface area contributed by atoms with Crippen molar-refractivity contribution in [2.75, 3.05) is 19.6 Å². The van der Waals surface area contributed by atoms with E-state index in [9.17, 15) is 9.18 Å². The molecular formula is C14H20FN3O2. The summed E-state index contributed by atoms with van der Waals surface area (Å²) in [5.41, 5.74) is -0.386. The molecule has 20 heavy (non-hydrogen) atoms. The van der Waals surface area contributed by atoms with Crippen LogP contribution in [0.25, 0.3) is 0 Å². The van der Waals surface area contributed by atoms with Gasteiger partial charge >= 0.3 is 0 Å². The molecule has 6 heteroatoms. The van der Waals surface area contributed by atoms with Crippen LogP contribution in [0.15, 0.2) is 17.1 Å². The van der Waals surface area contributed by atoms with Gasteiger partial charge in [-0.2, -0.15) is 0 Å². The summed E-state index contributed by atoms with van der Waals surface area (Å²) in [7, 11) is 0. The Labute approximate surface area is 117 Å². The van der Waals surface area contributed by atoms with Gasteiger partial charge in [0.1, 0.15) is 11.9 Å². The van der Waals surface area contributed by atoms with Crippen molar-refractivity contribution in [1.82, 2.24) is 15.2 Å². The van der Waals surface area contributed by atoms with Crippen LogP contribution < -0.4 is 5.32 Å². The van der Waals surface area contributed by atoms with Gasteiger partial charge in [-0.05, 0) is 25.7 Å². The molecule has 0 bridgehead atoms. The highest BCUT2D eigenvalue weighted by Crippen LogP contribution is 2.30. The molecule has 0 radical (unpaired) electrons. The first-order valence-electron chi connectivity index (χ1n) is 7.21. The molecule has 110 valence electrons. The Kier molecular flexibility index (Phi) is 3.74. The number of likely N-dealkylation sites (tertiary alicyclic amines) is 1. The van der Waals surface area contributed by atoms with E-state index in [0.29, 0.717) is 32.5 Å². The Morgan fingerprint density at radius 2 is 2.25 bits per heavy atom. The fourth-order valence-electron chi connectivity index (χ4n) is 2.57. The maximum absolute atomic E-state index is 14.6. The van der Waals surface area contributed by atoms with Crippen LogP contribution in [0, 0.1) is 5.92 Å². The second kappa shape index (κ2) is 5.52. The average Bonchev–Trinajstić information content (AvgIpc) is 3.18. The van der Waals surface area contributed by atoms with Gasteiger partial charge < -0.3 is 9.73 Å². The van der Waals surface area contributed by atoms with E-state index in [1.54, 1.807) is 6.26 Å². The fraction of sp³-hybridized carbons (Fsp3) is 0.714. The van der Waals surface area contributed by atoms with Gasteiger partial charge in [0.05, 0.1) is 12.2 Å². The SMILES string of the molecule is O=C(NCC1(F)CCN(Cc2cocn2)CC1)C1CC1. The largest absolute Gasteiger partial charge is 0.451 e. The molecule has 1 aromatic rings. The average molecular weight is 281 g/mol. The highest BCUT2D eigenvalue weighted by molar-refractivity contribution is 5.80. The number of oxazole rings is 1. The van der Waals surface area contributed by atoms with Crippen molar-refractivity contribution in [2.45, 2.75) is 37.9 Å². The number of hydrogen-bond acceptors (Lipinski definition) is 4. The van der Waals surface area contributed by atoms with Gasteiger partial charge in [-0.25, -0.2) is 9.37 Å². The Morgan fingerprint density at radius 3 is 2.85 bits per heavy atom. The smallest absolute Gasteiger partial charge is 0.223 e. The van der Waals surface area contributed by atoms with Crippen molar-refractivity contribution in [3.05, 3.63) is 18.4 Å². The van der Waals surface area contributed by atoms with Crippen molar-refractivity contribution < 1.29 is 13.6 Å². The number of aromatic nitrogens is 1. The first-order chi connectivity index (χ1) is 9.65. The van der Waals surface area contributed by atoms with Gasteiger partial charge in [-0.15, -0.1) is 0 Å². The Bertz CT molecular complexity index is 451. The van der Waals surface area contributed by atoms with Gasteiger partial charge in [0.25, 0.3) is 0 Å². The molecule has 5 nitrogen and oxygen atoms in total. The molecule has 1 aromatic heterocycles. The third kappa shape index (κ3) is 3.36. The molecule has 1 aliphatic carbocycles. The summed E-state index contributed by atoms with van der Waals surface area (Å²) >= 11 is 0. The van der Waals surface area contributed by atoms with Crippen molar-refractivity contribution in [2.24, 2.45) is 5.92 Å². The van der Waals surface area contributed by atoms with Crippen molar-refractivity contribution in [3.63, 3.8) is 0 Å². The number of alkyl halides is 1. The van der Waals surface area contributed by atoms with E-state index in [1.807, 2.05) is 0 Å². The van der Waals surface area contributed by atoms with Crippen molar-refractivity contribution in [1.29, 1.82) is 0 Å². The lowest BCUT2D eigenvalue weighted by atomic mass is 9.93. The summed E-state index contributed by atoms with van der Waals surface area (Å²) in [6.45, 7) is 2.21. The van der Waals surface area contributed by atoms with E-state index in [0.717, 1.165) is 18.5 Å². The number of carbonyl (C=O) groups excluding carboxylic acids is 1. The van der Waals surface area contributed by atoms with Crippen LogP contribution in [0.1, 0.15) is 31.4 Å². The fourth-order valence-corrected chi connectivity index (χ4v) is 2.57. The predicted molar refractivity (Wildman–Crippen MR) is 70.6 cm³/mol. The maximum Gasteiger partial charge on any atom is 0.223 e. The number of nitrogens with one attached hydrogen (secondary N) is 1. The lowest BCUT2D eigenvalue weighted by Crippen LogP contribution is -2.48. The third-order valence-electron chi connectivity index (χ3n) is 4.15. The molecule has 0 aromatic carbocycles. The van der Waals surface area contributed by atoms with Crippen molar-refractivity contribution >= 4 is 5.91 Å². The molecule has 2 aliphatic rings. The van der Waals surface area contributed by atoms with Crippen LogP contribution in [-0.2, 0) is 11.3 Å². The van der Waals surface area contributed by atoms with Gasteiger partial charge in [0.15, 0.2) is 6.39 Å². The standard InChI is InChI=1S/C14H20FN3O2/c15-14(9-16-13(19)11-1-2-11)3-5-18(6-4-14)7-12-8-20-10-17-12/h8,10-11H,1-7,9H2,(H,16,19). The third-order valence-corrected chi connectivity index (χ3v) is 4.15. The zero-order chi connectivity index (χ0) is 14.0. The van der Waals surface area contributed by atoms with Gasteiger partial charge in [0, 0.05) is 25.6 Å². The number of amides is 1. The minimum Gasteiger partial charge on any atom is -0.451 e. The molecule has 3 rings (SSSR count). The zero-order valence-corrected chi connectivity index (χ0v) is 11.5. The van der Waals surface area contributed by atoms with E-state index >= 15 is 0 Å². The van der Waals surface area contributed by atoms with Crippen LogP contribution in [0.4, 0.5) is 4.39 Å². The molecule has 1 saturated heterocycles. The summed E-state index contributed by atoms with van der Waals surface area (Å²) in [4.78, 5) is 17.8. The Morgan fingerprint density at radius 1 is 1.50 bits per heavy atom. The topological polar surface area (TPSA) is 58.4 Å². The van der Waals surface area contributed by atoms with E-state index in [-0.39, 0.29) is 18.4 Å². The second-order valence-corrected chi connectivity index (χ2v) is 5.90. The first-order valence-corrected chi connectivity index (χ1v) is 7.21. The molecule has 0 unspecified atom stereocenters.